The third kappa shape index (κ3) is 3.61. The van der Waals surface area contributed by atoms with Crippen molar-refractivity contribution in [1.29, 1.82) is 0 Å². The van der Waals surface area contributed by atoms with Gasteiger partial charge in [0.15, 0.2) is 6.61 Å². The van der Waals surface area contributed by atoms with Gasteiger partial charge in [0.05, 0.1) is 23.1 Å². The second-order valence-electron chi connectivity index (χ2n) is 9.47. The minimum atomic E-state index is -0.656. The highest BCUT2D eigenvalue weighted by molar-refractivity contribution is 6.23. The van der Waals surface area contributed by atoms with Gasteiger partial charge in [-0.3, -0.25) is 19.3 Å². The molecule has 1 N–H and O–H groups in total. The summed E-state index contributed by atoms with van der Waals surface area (Å²) in [4.78, 5) is 51.9. The van der Waals surface area contributed by atoms with Gasteiger partial charge in [-0.15, -0.1) is 0 Å². The number of allylic oxidation sites excluding steroid dienone is 2. The summed E-state index contributed by atoms with van der Waals surface area (Å²) in [6.07, 6.45) is 3.02. The number of nitrogens with zero attached hydrogens (tertiary/aromatic N) is 1. The summed E-state index contributed by atoms with van der Waals surface area (Å²) in [6.45, 7) is 5.47. The van der Waals surface area contributed by atoms with Crippen LogP contribution in [0.25, 0.3) is 0 Å². The van der Waals surface area contributed by atoms with E-state index in [0.29, 0.717) is 11.4 Å². The van der Waals surface area contributed by atoms with Gasteiger partial charge in [0.1, 0.15) is 0 Å². The second-order valence-corrected chi connectivity index (χ2v) is 9.47. The van der Waals surface area contributed by atoms with Crippen LogP contribution in [0.2, 0.25) is 0 Å². The zero-order valence-corrected chi connectivity index (χ0v) is 19.3. The quantitative estimate of drug-likeness (QED) is 0.418. The average molecular weight is 459 g/mol. The fourth-order valence-electron chi connectivity index (χ4n) is 5.63. The second kappa shape index (κ2) is 8.24. The molecule has 0 spiro atoms. The molecule has 0 radical (unpaired) electrons. The largest absolute Gasteiger partial charge is 0.452 e. The first-order chi connectivity index (χ1) is 16.2. The molecule has 1 heterocycles. The highest BCUT2D eigenvalue weighted by Crippen LogP contribution is 2.55. The molecule has 2 aromatic rings. The average Bonchev–Trinajstić information content (AvgIpc) is 3.44. The van der Waals surface area contributed by atoms with E-state index in [1.165, 1.54) is 22.6 Å². The van der Waals surface area contributed by atoms with Crippen LogP contribution in [-0.4, -0.2) is 30.3 Å². The number of rotatable bonds is 5. The van der Waals surface area contributed by atoms with Gasteiger partial charge in [-0.25, -0.2) is 4.79 Å². The minimum absolute atomic E-state index is 0.139. The molecule has 2 fully saturated rings. The molecule has 0 unspecified atom stereocenters. The summed E-state index contributed by atoms with van der Waals surface area (Å²) < 4.78 is 5.14. The maximum Gasteiger partial charge on any atom is 0.338 e. The molecule has 1 saturated heterocycles. The molecule has 5 rings (SSSR count). The number of carbonyl (C=O) groups excluding carboxylic acids is 4. The van der Waals surface area contributed by atoms with Gasteiger partial charge in [-0.1, -0.05) is 29.3 Å². The first kappa shape index (κ1) is 22.1. The lowest BCUT2D eigenvalue weighted by Gasteiger charge is -2.19. The molecular weight excluding hydrogens is 432 g/mol. The van der Waals surface area contributed by atoms with E-state index in [1.807, 2.05) is 32.9 Å². The summed E-state index contributed by atoms with van der Waals surface area (Å²) >= 11 is 0. The Balaban J connectivity index is 1.21. The molecule has 2 aromatic carbocycles. The van der Waals surface area contributed by atoms with E-state index in [1.54, 1.807) is 18.2 Å². The van der Waals surface area contributed by atoms with Gasteiger partial charge in [0.2, 0.25) is 11.8 Å². The van der Waals surface area contributed by atoms with Crippen molar-refractivity contribution in [3.05, 3.63) is 70.8 Å². The van der Waals surface area contributed by atoms with Crippen LogP contribution in [0.15, 0.2) is 54.1 Å². The Labute approximate surface area is 197 Å². The SMILES string of the molecule is CC1=C[C@H]2C[C@H]1[C@H]1C(=O)N(c3ccc(C(=O)OCC(=O)Nc4ccc(C)cc4C)cc3)C(=O)[C@H]12. The number of aryl methyl sites for hydroxylation is 2. The van der Waals surface area contributed by atoms with Crippen molar-refractivity contribution in [1.82, 2.24) is 0 Å². The van der Waals surface area contributed by atoms with Crippen LogP contribution in [0.5, 0.6) is 0 Å². The topological polar surface area (TPSA) is 92.8 Å². The molecule has 4 atom stereocenters. The van der Waals surface area contributed by atoms with Crippen molar-refractivity contribution in [3.8, 4) is 0 Å². The van der Waals surface area contributed by atoms with Crippen molar-refractivity contribution in [2.45, 2.75) is 27.2 Å². The summed E-state index contributed by atoms with van der Waals surface area (Å²) in [5, 5.41) is 2.73. The Morgan fingerprint density at radius 2 is 1.71 bits per heavy atom. The summed E-state index contributed by atoms with van der Waals surface area (Å²) in [5.74, 6) is -1.67. The molecule has 1 aliphatic heterocycles. The molecular formula is C27H26N2O5. The number of anilines is 2. The first-order valence-corrected chi connectivity index (χ1v) is 11.4. The lowest BCUT2D eigenvalue weighted by atomic mass is 9.82. The van der Waals surface area contributed by atoms with Crippen LogP contribution in [-0.2, 0) is 19.1 Å². The number of hydrogen-bond donors (Lipinski definition) is 1. The van der Waals surface area contributed by atoms with E-state index in [9.17, 15) is 19.2 Å². The standard InChI is InChI=1S/C27H26N2O5/c1-14-4-9-21(16(3)10-14)28-22(30)13-34-27(33)17-5-7-19(8-6-17)29-25(31)23-18-11-15(2)20(12-18)24(23)26(29)32/h4-11,18,20,23-24H,12-13H2,1-3H3,(H,28,30)/t18-,20+,23-,24+/m0/s1. The van der Waals surface area contributed by atoms with Crippen LogP contribution in [0.4, 0.5) is 11.4 Å². The van der Waals surface area contributed by atoms with Crippen LogP contribution in [0.1, 0.15) is 34.8 Å². The summed E-state index contributed by atoms with van der Waals surface area (Å²) in [5.41, 5.74) is 4.56. The van der Waals surface area contributed by atoms with Crippen molar-refractivity contribution in [2.75, 3.05) is 16.8 Å². The minimum Gasteiger partial charge on any atom is -0.452 e. The molecule has 2 aliphatic carbocycles. The van der Waals surface area contributed by atoms with Crippen LogP contribution in [0.3, 0.4) is 0 Å². The Hall–Kier alpha value is -3.74. The van der Waals surface area contributed by atoms with Crippen LogP contribution >= 0.6 is 0 Å². The molecule has 34 heavy (non-hydrogen) atoms. The number of amides is 3. The number of carbonyl (C=O) groups is 4. The molecule has 7 nitrogen and oxygen atoms in total. The van der Waals surface area contributed by atoms with Crippen molar-refractivity contribution >= 4 is 35.1 Å². The fourth-order valence-corrected chi connectivity index (χ4v) is 5.63. The van der Waals surface area contributed by atoms with Gasteiger partial charge in [-0.05, 0) is 74.9 Å². The number of hydrogen-bond acceptors (Lipinski definition) is 5. The number of esters is 1. The Morgan fingerprint density at radius 3 is 2.41 bits per heavy atom. The molecule has 3 amide bonds. The van der Waals surface area contributed by atoms with Gasteiger partial charge in [0, 0.05) is 5.69 Å². The third-order valence-corrected chi connectivity index (χ3v) is 7.23. The Kier molecular flexibility index (Phi) is 5.35. The van der Waals surface area contributed by atoms with Gasteiger partial charge >= 0.3 is 5.97 Å². The normalized spacial score (nSPS) is 24.8. The van der Waals surface area contributed by atoms with E-state index in [2.05, 4.69) is 11.4 Å². The molecule has 0 aromatic heterocycles. The lowest BCUT2D eigenvalue weighted by Crippen LogP contribution is -2.33. The zero-order chi connectivity index (χ0) is 24.1. The monoisotopic (exact) mass is 458 g/mol. The lowest BCUT2D eigenvalue weighted by molar-refractivity contribution is -0.123. The number of nitrogens with one attached hydrogen (secondary N) is 1. The molecule has 174 valence electrons. The van der Waals surface area contributed by atoms with Gasteiger partial charge < -0.3 is 10.1 Å². The van der Waals surface area contributed by atoms with E-state index >= 15 is 0 Å². The predicted molar refractivity (Wildman–Crippen MR) is 126 cm³/mol. The zero-order valence-electron chi connectivity index (χ0n) is 19.3. The smallest absolute Gasteiger partial charge is 0.338 e. The molecule has 3 aliphatic rings. The third-order valence-electron chi connectivity index (χ3n) is 7.23. The highest BCUT2D eigenvalue weighted by Gasteiger charge is 2.60. The van der Waals surface area contributed by atoms with E-state index in [4.69, 9.17) is 4.74 Å². The fraction of sp³-hybridized carbons (Fsp3) is 0.333. The Bertz CT molecular complexity index is 1250. The van der Waals surface area contributed by atoms with Crippen molar-refractivity contribution in [3.63, 3.8) is 0 Å². The van der Waals surface area contributed by atoms with E-state index in [0.717, 1.165) is 17.5 Å². The summed E-state index contributed by atoms with van der Waals surface area (Å²) in [7, 11) is 0. The maximum atomic E-state index is 13.1. The number of benzene rings is 2. The number of imide groups is 1. The first-order valence-electron chi connectivity index (χ1n) is 11.4. The number of ether oxygens (including phenoxy) is 1. The predicted octanol–water partition coefficient (Wildman–Crippen LogP) is 3.80. The van der Waals surface area contributed by atoms with Crippen LogP contribution in [0, 0.1) is 37.5 Å². The Morgan fingerprint density at radius 1 is 1.00 bits per heavy atom. The molecule has 7 heteroatoms. The summed E-state index contributed by atoms with van der Waals surface area (Å²) in [6, 6.07) is 11.8. The van der Waals surface area contributed by atoms with Crippen LogP contribution < -0.4 is 10.2 Å². The van der Waals surface area contributed by atoms with E-state index in [-0.39, 0.29) is 41.0 Å². The molecule has 2 bridgehead atoms. The maximum absolute atomic E-state index is 13.1. The van der Waals surface area contributed by atoms with Gasteiger partial charge in [-0.2, -0.15) is 0 Å². The molecule has 1 saturated carbocycles. The van der Waals surface area contributed by atoms with Crippen molar-refractivity contribution in [2.24, 2.45) is 23.7 Å². The van der Waals surface area contributed by atoms with Gasteiger partial charge in [0.25, 0.3) is 5.91 Å². The number of fused-ring (bicyclic) bond motifs is 5. The van der Waals surface area contributed by atoms with E-state index < -0.39 is 18.5 Å². The highest BCUT2D eigenvalue weighted by atomic mass is 16.5. The van der Waals surface area contributed by atoms with Crippen molar-refractivity contribution < 1.29 is 23.9 Å².